The number of Topliss-reactive ketones (excluding diaryl/α,β-unsaturated/α-hetero) is 3. The Balaban J connectivity index is 1.47. The molecule has 2 aliphatic heterocycles. The zero-order valence-electron chi connectivity index (χ0n) is 24.8. The standard InChI is InChI=1S/C32H44N2O8/c1-32(21-42-32)30(38)24(15-22-5-3-4-6-22)18-29(37)28(16-23-7-9-27(40-2)10-8-23)33-31(39)25(20-35)17-26(36)19-34-11-13-41-14-12-34/h5,7-10,24-25,28,35H,3-4,6,11-21H2,1-2H3,(H,33,39). The molecule has 10 nitrogen and oxygen atoms in total. The Morgan fingerprint density at radius 2 is 1.79 bits per heavy atom. The molecule has 0 spiro atoms. The van der Waals surface area contributed by atoms with E-state index in [4.69, 9.17) is 14.2 Å². The van der Waals surface area contributed by atoms with Crippen molar-refractivity contribution in [1.29, 1.82) is 0 Å². The average molecular weight is 585 g/mol. The number of benzene rings is 1. The van der Waals surface area contributed by atoms with Crippen LogP contribution in [0.1, 0.15) is 51.0 Å². The number of nitrogens with one attached hydrogen (secondary N) is 1. The van der Waals surface area contributed by atoms with Gasteiger partial charge in [0.15, 0.2) is 11.6 Å². The highest BCUT2D eigenvalue weighted by Gasteiger charge is 2.50. The molecule has 42 heavy (non-hydrogen) atoms. The molecule has 0 aromatic heterocycles. The molecule has 4 rings (SSSR count). The highest BCUT2D eigenvalue weighted by atomic mass is 16.6. The monoisotopic (exact) mass is 584 g/mol. The van der Waals surface area contributed by atoms with Crippen molar-refractivity contribution in [3.63, 3.8) is 0 Å². The van der Waals surface area contributed by atoms with Crippen LogP contribution >= 0.6 is 0 Å². The van der Waals surface area contributed by atoms with Crippen LogP contribution in [0.15, 0.2) is 35.9 Å². The zero-order chi connectivity index (χ0) is 30.1. The lowest BCUT2D eigenvalue weighted by atomic mass is 9.83. The minimum atomic E-state index is -0.982. The van der Waals surface area contributed by atoms with Gasteiger partial charge in [0.2, 0.25) is 5.91 Å². The van der Waals surface area contributed by atoms with E-state index in [0.717, 1.165) is 24.8 Å². The lowest BCUT2D eigenvalue weighted by Gasteiger charge is -2.27. The fourth-order valence-corrected chi connectivity index (χ4v) is 5.68. The van der Waals surface area contributed by atoms with Crippen molar-refractivity contribution in [2.45, 2.75) is 63.5 Å². The molecule has 1 aromatic rings. The minimum absolute atomic E-state index is 0.0318. The SMILES string of the molecule is COc1ccc(CC(NC(=O)C(CO)CC(=O)CN2CCOCC2)C(=O)CC(CC2=CCCC2)C(=O)C2(C)CO2)cc1. The van der Waals surface area contributed by atoms with Crippen LogP contribution in [-0.2, 0) is 35.1 Å². The number of aliphatic hydroxyl groups is 1. The summed E-state index contributed by atoms with van der Waals surface area (Å²) < 4.78 is 16.0. The molecule has 0 radical (unpaired) electrons. The Hall–Kier alpha value is -2.92. The van der Waals surface area contributed by atoms with Crippen LogP contribution in [0.3, 0.4) is 0 Å². The van der Waals surface area contributed by atoms with Gasteiger partial charge in [0.25, 0.3) is 0 Å². The first-order valence-electron chi connectivity index (χ1n) is 15.0. The molecular weight excluding hydrogens is 540 g/mol. The number of ether oxygens (including phenoxy) is 3. The molecule has 0 saturated carbocycles. The number of hydrogen-bond donors (Lipinski definition) is 2. The van der Waals surface area contributed by atoms with Crippen LogP contribution in [0.25, 0.3) is 0 Å². The Bertz CT molecular complexity index is 1140. The van der Waals surface area contributed by atoms with E-state index in [1.165, 1.54) is 5.57 Å². The van der Waals surface area contributed by atoms with Crippen molar-refractivity contribution in [1.82, 2.24) is 10.2 Å². The molecule has 3 aliphatic rings. The number of carbonyl (C=O) groups is 4. The van der Waals surface area contributed by atoms with Gasteiger partial charge in [-0.15, -0.1) is 0 Å². The van der Waals surface area contributed by atoms with Gasteiger partial charge in [-0.2, -0.15) is 0 Å². The summed E-state index contributed by atoms with van der Waals surface area (Å²) in [5.41, 5.74) is 1.12. The van der Waals surface area contributed by atoms with Gasteiger partial charge >= 0.3 is 0 Å². The lowest BCUT2D eigenvalue weighted by molar-refractivity contribution is -0.135. The van der Waals surface area contributed by atoms with Crippen LogP contribution in [0.4, 0.5) is 0 Å². The first-order valence-corrected chi connectivity index (χ1v) is 15.0. The summed E-state index contributed by atoms with van der Waals surface area (Å²) in [7, 11) is 1.57. The largest absolute Gasteiger partial charge is 0.497 e. The molecule has 2 saturated heterocycles. The van der Waals surface area contributed by atoms with Gasteiger partial charge in [0.05, 0.1) is 52.0 Å². The van der Waals surface area contributed by atoms with E-state index in [0.29, 0.717) is 45.1 Å². The van der Waals surface area contributed by atoms with E-state index in [1.54, 1.807) is 26.2 Å². The summed E-state index contributed by atoms with van der Waals surface area (Å²) in [6.45, 7) is 4.15. The maximum absolute atomic E-state index is 13.8. The quantitative estimate of drug-likeness (QED) is 0.208. The number of carbonyl (C=O) groups excluding carboxylic acids is 4. The van der Waals surface area contributed by atoms with E-state index in [2.05, 4.69) is 11.4 Å². The third-order valence-corrected chi connectivity index (χ3v) is 8.43. The van der Waals surface area contributed by atoms with Gasteiger partial charge in [-0.3, -0.25) is 24.1 Å². The number of aliphatic hydroxyl groups excluding tert-OH is 1. The topological polar surface area (TPSA) is 135 Å². The molecule has 4 atom stereocenters. The van der Waals surface area contributed by atoms with Gasteiger partial charge in [0, 0.05) is 31.8 Å². The number of morpholine rings is 1. The molecule has 10 heteroatoms. The number of allylic oxidation sites excluding steroid dienone is 2. The van der Waals surface area contributed by atoms with Crippen molar-refractivity contribution in [2.24, 2.45) is 11.8 Å². The Morgan fingerprint density at radius 1 is 1.07 bits per heavy atom. The van der Waals surface area contributed by atoms with E-state index in [-0.39, 0.29) is 43.2 Å². The number of epoxide rings is 1. The van der Waals surface area contributed by atoms with Crippen molar-refractivity contribution >= 4 is 23.3 Å². The third kappa shape index (κ3) is 9.04. The van der Waals surface area contributed by atoms with E-state index >= 15 is 0 Å². The molecule has 1 amide bonds. The number of nitrogens with zero attached hydrogens (tertiary/aromatic N) is 1. The van der Waals surface area contributed by atoms with Crippen molar-refractivity contribution < 1.29 is 38.5 Å². The van der Waals surface area contributed by atoms with Crippen LogP contribution in [0, 0.1) is 11.8 Å². The number of amides is 1. The Kier molecular flexibility index (Phi) is 11.4. The first-order chi connectivity index (χ1) is 20.2. The van der Waals surface area contributed by atoms with Crippen molar-refractivity contribution in [3.8, 4) is 5.75 Å². The zero-order valence-corrected chi connectivity index (χ0v) is 24.8. The second kappa shape index (κ2) is 15.0. The van der Waals surface area contributed by atoms with Gasteiger partial charge in [-0.25, -0.2) is 0 Å². The minimum Gasteiger partial charge on any atom is -0.497 e. The maximum Gasteiger partial charge on any atom is 0.226 e. The summed E-state index contributed by atoms with van der Waals surface area (Å²) in [4.78, 5) is 55.3. The molecule has 1 aliphatic carbocycles. The fourth-order valence-electron chi connectivity index (χ4n) is 5.68. The highest BCUT2D eigenvalue weighted by Crippen LogP contribution is 2.35. The van der Waals surface area contributed by atoms with Crippen LogP contribution < -0.4 is 10.1 Å². The number of methoxy groups -OCH3 is 1. The number of rotatable bonds is 17. The molecule has 2 heterocycles. The third-order valence-electron chi connectivity index (χ3n) is 8.43. The normalized spacial score (nSPS) is 22.5. The van der Waals surface area contributed by atoms with E-state index in [1.807, 2.05) is 17.0 Å². The molecule has 1 aromatic carbocycles. The second-order valence-corrected chi connectivity index (χ2v) is 11.8. The number of hydrogen-bond acceptors (Lipinski definition) is 9. The molecular formula is C32H44N2O8. The summed E-state index contributed by atoms with van der Waals surface area (Å²) >= 11 is 0. The van der Waals surface area contributed by atoms with Crippen molar-refractivity contribution in [3.05, 3.63) is 41.5 Å². The lowest BCUT2D eigenvalue weighted by Crippen LogP contribution is -2.47. The Labute approximate surface area is 247 Å². The van der Waals surface area contributed by atoms with Gasteiger partial charge in [-0.1, -0.05) is 23.8 Å². The van der Waals surface area contributed by atoms with Crippen LogP contribution in [0.2, 0.25) is 0 Å². The smallest absolute Gasteiger partial charge is 0.226 e. The van der Waals surface area contributed by atoms with Crippen LogP contribution in [0.5, 0.6) is 5.75 Å². The molecule has 2 N–H and O–H groups in total. The first kappa shape index (κ1) is 32.0. The van der Waals surface area contributed by atoms with Crippen molar-refractivity contribution in [2.75, 3.05) is 53.2 Å². The Morgan fingerprint density at radius 3 is 2.38 bits per heavy atom. The number of ketones is 3. The fraction of sp³-hybridized carbons (Fsp3) is 0.625. The molecule has 230 valence electrons. The predicted molar refractivity (Wildman–Crippen MR) is 155 cm³/mol. The molecule has 4 unspecified atom stereocenters. The average Bonchev–Trinajstić information content (AvgIpc) is 3.53. The summed E-state index contributed by atoms with van der Waals surface area (Å²) in [5.74, 6) is -1.93. The summed E-state index contributed by atoms with van der Waals surface area (Å²) in [5, 5.41) is 12.8. The summed E-state index contributed by atoms with van der Waals surface area (Å²) in [6, 6.07) is 6.28. The second-order valence-electron chi connectivity index (χ2n) is 11.8. The summed E-state index contributed by atoms with van der Waals surface area (Å²) in [6.07, 6.45) is 5.62. The van der Waals surface area contributed by atoms with E-state index < -0.39 is 36.0 Å². The molecule has 0 bridgehead atoms. The molecule has 2 fully saturated rings. The predicted octanol–water partition coefficient (Wildman–Crippen LogP) is 2.06. The van der Waals surface area contributed by atoms with Gasteiger partial charge in [0.1, 0.15) is 17.1 Å². The maximum atomic E-state index is 13.8. The van der Waals surface area contributed by atoms with Crippen LogP contribution in [-0.4, -0.2) is 98.1 Å². The van der Waals surface area contributed by atoms with Gasteiger partial charge in [-0.05, 0) is 56.7 Å². The van der Waals surface area contributed by atoms with E-state index in [9.17, 15) is 24.3 Å². The van der Waals surface area contributed by atoms with Gasteiger partial charge < -0.3 is 24.6 Å². The highest BCUT2D eigenvalue weighted by molar-refractivity contribution is 5.97.